The quantitative estimate of drug-likeness (QED) is 0.801. The molecule has 4 heteroatoms. The highest BCUT2D eigenvalue weighted by molar-refractivity contribution is 5.28. The van der Waals surface area contributed by atoms with Crippen LogP contribution in [-0.4, -0.2) is 13.2 Å². The fourth-order valence-electron chi connectivity index (χ4n) is 1.97. The van der Waals surface area contributed by atoms with Crippen molar-refractivity contribution in [3.8, 4) is 5.75 Å². The van der Waals surface area contributed by atoms with Gasteiger partial charge in [0.25, 0.3) is 0 Å². The second kappa shape index (κ2) is 6.14. The van der Waals surface area contributed by atoms with Gasteiger partial charge in [-0.05, 0) is 43.5 Å². The van der Waals surface area contributed by atoms with Crippen LogP contribution in [0.3, 0.4) is 0 Å². The zero-order valence-electron chi connectivity index (χ0n) is 10.5. The van der Waals surface area contributed by atoms with Crippen LogP contribution in [0.2, 0.25) is 0 Å². The number of alkyl halides is 2. The van der Waals surface area contributed by atoms with E-state index in [1.807, 2.05) is 12.1 Å². The lowest BCUT2D eigenvalue weighted by Gasteiger charge is -2.14. The number of rotatable bonds is 7. The highest BCUT2D eigenvalue weighted by Crippen LogP contribution is 2.32. The Labute approximate surface area is 106 Å². The van der Waals surface area contributed by atoms with Crippen LogP contribution in [0, 0.1) is 5.92 Å². The van der Waals surface area contributed by atoms with Crippen LogP contribution in [0.4, 0.5) is 8.78 Å². The minimum absolute atomic E-state index is 0.207. The second-order valence-electron chi connectivity index (χ2n) is 4.86. The van der Waals surface area contributed by atoms with E-state index < -0.39 is 6.61 Å². The van der Waals surface area contributed by atoms with Gasteiger partial charge in [0.1, 0.15) is 5.75 Å². The average molecular weight is 255 g/mol. The SMILES string of the molecule is CC(NCCC1CC1)c1ccc(OC(F)F)cc1. The van der Waals surface area contributed by atoms with E-state index in [2.05, 4.69) is 17.0 Å². The van der Waals surface area contributed by atoms with Crippen LogP contribution < -0.4 is 10.1 Å². The molecule has 1 aromatic rings. The average Bonchev–Trinajstić information content (AvgIpc) is 3.13. The molecule has 1 unspecified atom stereocenters. The Hall–Kier alpha value is -1.16. The Morgan fingerprint density at radius 1 is 1.28 bits per heavy atom. The Kier molecular flexibility index (Phi) is 4.53. The molecule has 0 heterocycles. The van der Waals surface area contributed by atoms with Crippen LogP contribution in [-0.2, 0) is 0 Å². The van der Waals surface area contributed by atoms with Gasteiger partial charge >= 0.3 is 6.61 Å². The second-order valence-corrected chi connectivity index (χ2v) is 4.86. The predicted molar refractivity (Wildman–Crippen MR) is 66.8 cm³/mol. The first kappa shape index (κ1) is 13.3. The van der Waals surface area contributed by atoms with E-state index in [0.717, 1.165) is 18.0 Å². The molecular weight excluding hydrogens is 236 g/mol. The summed E-state index contributed by atoms with van der Waals surface area (Å²) in [5, 5.41) is 3.44. The molecule has 1 fully saturated rings. The summed E-state index contributed by atoms with van der Waals surface area (Å²) in [6.45, 7) is 0.335. The first-order chi connectivity index (χ1) is 8.65. The molecule has 0 amide bonds. The summed E-state index contributed by atoms with van der Waals surface area (Å²) in [7, 11) is 0. The lowest BCUT2D eigenvalue weighted by atomic mass is 10.1. The molecular formula is C14H19F2NO. The molecule has 18 heavy (non-hydrogen) atoms. The van der Waals surface area contributed by atoms with Gasteiger partial charge in [-0.3, -0.25) is 0 Å². The van der Waals surface area contributed by atoms with Gasteiger partial charge in [0.2, 0.25) is 0 Å². The van der Waals surface area contributed by atoms with Crippen LogP contribution in [0.5, 0.6) is 5.75 Å². The Bertz CT molecular complexity index is 363. The summed E-state index contributed by atoms with van der Waals surface area (Å²) < 4.78 is 28.3. The van der Waals surface area contributed by atoms with Gasteiger partial charge in [0.05, 0.1) is 0 Å². The largest absolute Gasteiger partial charge is 0.435 e. The maximum atomic E-state index is 12.0. The zero-order valence-corrected chi connectivity index (χ0v) is 10.5. The minimum Gasteiger partial charge on any atom is -0.435 e. The fourth-order valence-corrected chi connectivity index (χ4v) is 1.97. The molecule has 0 bridgehead atoms. The molecule has 1 N–H and O–H groups in total. The van der Waals surface area contributed by atoms with Crippen LogP contribution in [0.25, 0.3) is 0 Å². The molecule has 1 aromatic carbocycles. The normalized spacial score (nSPS) is 16.9. The lowest BCUT2D eigenvalue weighted by Crippen LogP contribution is -2.20. The Balaban J connectivity index is 1.79. The number of halogens is 2. The van der Waals surface area contributed by atoms with Gasteiger partial charge in [-0.2, -0.15) is 8.78 Å². The van der Waals surface area contributed by atoms with E-state index in [1.54, 1.807) is 12.1 Å². The van der Waals surface area contributed by atoms with E-state index in [-0.39, 0.29) is 11.8 Å². The molecule has 0 aromatic heterocycles. The van der Waals surface area contributed by atoms with Crippen molar-refractivity contribution in [3.05, 3.63) is 29.8 Å². The van der Waals surface area contributed by atoms with E-state index in [1.165, 1.54) is 19.3 Å². The van der Waals surface area contributed by atoms with Gasteiger partial charge in [-0.1, -0.05) is 25.0 Å². The van der Waals surface area contributed by atoms with Gasteiger partial charge in [-0.15, -0.1) is 0 Å². The van der Waals surface area contributed by atoms with E-state index in [4.69, 9.17) is 0 Å². The maximum Gasteiger partial charge on any atom is 0.387 e. The first-order valence-corrected chi connectivity index (χ1v) is 6.43. The van der Waals surface area contributed by atoms with Crippen molar-refractivity contribution in [2.24, 2.45) is 5.92 Å². The third-order valence-corrected chi connectivity index (χ3v) is 3.31. The van der Waals surface area contributed by atoms with Gasteiger partial charge in [0.15, 0.2) is 0 Å². The fraction of sp³-hybridized carbons (Fsp3) is 0.571. The van der Waals surface area contributed by atoms with Crippen molar-refractivity contribution < 1.29 is 13.5 Å². The molecule has 1 aliphatic carbocycles. The summed E-state index contributed by atoms with van der Waals surface area (Å²) in [4.78, 5) is 0. The van der Waals surface area contributed by atoms with Crippen LogP contribution in [0.1, 0.15) is 37.8 Å². The van der Waals surface area contributed by atoms with Crippen LogP contribution in [0.15, 0.2) is 24.3 Å². The van der Waals surface area contributed by atoms with Gasteiger partial charge in [-0.25, -0.2) is 0 Å². The summed E-state index contributed by atoms with van der Waals surface area (Å²) in [5.41, 5.74) is 1.09. The third kappa shape index (κ3) is 4.26. The molecule has 2 rings (SSSR count). The molecule has 1 aliphatic rings. The maximum absolute atomic E-state index is 12.0. The Morgan fingerprint density at radius 3 is 2.50 bits per heavy atom. The smallest absolute Gasteiger partial charge is 0.387 e. The van der Waals surface area contributed by atoms with E-state index >= 15 is 0 Å². The number of nitrogens with one attached hydrogen (secondary N) is 1. The van der Waals surface area contributed by atoms with Crippen molar-refractivity contribution in [2.45, 2.75) is 38.8 Å². The zero-order chi connectivity index (χ0) is 13.0. The molecule has 100 valence electrons. The third-order valence-electron chi connectivity index (χ3n) is 3.31. The van der Waals surface area contributed by atoms with Crippen LogP contribution >= 0.6 is 0 Å². The number of benzene rings is 1. The highest BCUT2D eigenvalue weighted by Gasteiger charge is 2.20. The standard InChI is InChI=1S/C14H19F2NO/c1-10(17-9-8-11-2-3-11)12-4-6-13(7-5-12)18-14(15)16/h4-7,10-11,14,17H,2-3,8-9H2,1H3. The summed E-state index contributed by atoms with van der Waals surface area (Å²) >= 11 is 0. The molecule has 0 spiro atoms. The minimum atomic E-state index is -2.76. The van der Waals surface area contributed by atoms with E-state index in [9.17, 15) is 8.78 Å². The van der Waals surface area contributed by atoms with Crippen molar-refractivity contribution in [1.82, 2.24) is 5.32 Å². The lowest BCUT2D eigenvalue weighted by molar-refractivity contribution is -0.0498. The van der Waals surface area contributed by atoms with Crippen molar-refractivity contribution in [3.63, 3.8) is 0 Å². The molecule has 0 aliphatic heterocycles. The number of hydrogen-bond acceptors (Lipinski definition) is 2. The topological polar surface area (TPSA) is 21.3 Å². The summed E-state index contributed by atoms with van der Waals surface area (Å²) in [5.74, 6) is 1.13. The van der Waals surface area contributed by atoms with Gasteiger partial charge < -0.3 is 10.1 Å². The molecule has 2 nitrogen and oxygen atoms in total. The molecule has 0 saturated heterocycles. The highest BCUT2D eigenvalue weighted by atomic mass is 19.3. The van der Waals surface area contributed by atoms with Crippen molar-refractivity contribution in [1.29, 1.82) is 0 Å². The first-order valence-electron chi connectivity index (χ1n) is 6.43. The number of hydrogen-bond donors (Lipinski definition) is 1. The Morgan fingerprint density at radius 2 is 1.94 bits per heavy atom. The molecule has 1 saturated carbocycles. The predicted octanol–water partition coefficient (Wildman–Crippen LogP) is 3.74. The van der Waals surface area contributed by atoms with Crippen molar-refractivity contribution in [2.75, 3.05) is 6.54 Å². The summed E-state index contributed by atoms with van der Waals surface area (Å²) in [6.07, 6.45) is 3.97. The van der Waals surface area contributed by atoms with Gasteiger partial charge in [0, 0.05) is 6.04 Å². The van der Waals surface area contributed by atoms with E-state index in [0.29, 0.717) is 0 Å². The number of ether oxygens (including phenoxy) is 1. The monoisotopic (exact) mass is 255 g/mol. The van der Waals surface area contributed by atoms with Crippen molar-refractivity contribution >= 4 is 0 Å². The molecule has 1 atom stereocenters. The summed E-state index contributed by atoms with van der Waals surface area (Å²) in [6, 6.07) is 7.06. The molecule has 0 radical (unpaired) electrons.